The Labute approximate surface area is 181 Å². The van der Waals surface area contributed by atoms with Gasteiger partial charge in [-0.2, -0.15) is 0 Å². The molecule has 0 spiro atoms. The molecule has 2 aliphatic heterocycles. The zero-order chi connectivity index (χ0) is 22.8. The molecule has 1 aromatic carbocycles. The first-order chi connectivity index (χ1) is 14.6. The molecule has 0 bridgehead atoms. The van der Waals surface area contributed by atoms with Crippen LogP contribution in [-0.4, -0.2) is 53.1 Å². The van der Waals surface area contributed by atoms with Crippen molar-refractivity contribution < 1.29 is 28.2 Å². The number of halogens is 1. The normalized spacial score (nSPS) is 19.6. The van der Waals surface area contributed by atoms with Crippen LogP contribution in [0.5, 0.6) is 0 Å². The number of hydrogen-bond donors (Lipinski definition) is 0. The zero-order valence-electron chi connectivity index (χ0n) is 18.4. The number of ether oxygens (including phenoxy) is 2. The number of carbonyl (C=O) groups is 3. The van der Waals surface area contributed by atoms with Gasteiger partial charge in [-0.05, 0) is 51.8 Å². The highest BCUT2D eigenvalue weighted by atomic mass is 19.1. The van der Waals surface area contributed by atoms with Crippen LogP contribution in [0.3, 0.4) is 0 Å². The Bertz CT molecular complexity index is 888. The fourth-order valence-corrected chi connectivity index (χ4v) is 3.93. The molecule has 31 heavy (non-hydrogen) atoms. The van der Waals surface area contributed by atoms with E-state index in [1.807, 2.05) is 0 Å². The summed E-state index contributed by atoms with van der Waals surface area (Å²) in [4.78, 5) is 41.4. The molecule has 1 saturated heterocycles. The van der Waals surface area contributed by atoms with Crippen molar-refractivity contribution in [2.75, 3.05) is 19.7 Å². The second-order valence-electron chi connectivity index (χ2n) is 8.64. The maximum absolute atomic E-state index is 13.6. The fourth-order valence-electron chi connectivity index (χ4n) is 3.93. The topological polar surface area (TPSA) is 76.2 Å². The number of carbonyl (C=O) groups excluding carboxylic acids is 3. The summed E-state index contributed by atoms with van der Waals surface area (Å²) >= 11 is 0. The molecule has 1 atom stereocenters. The Morgan fingerprint density at radius 1 is 1.13 bits per heavy atom. The van der Waals surface area contributed by atoms with Gasteiger partial charge in [-0.15, -0.1) is 0 Å². The molecular weight excluding hydrogens is 403 g/mol. The van der Waals surface area contributed by atoms with Gasteiger partial charge in [0.05, 0.1) is 18.2 Å². The van der Waals surface area contributed by atoms with Gasteiger partial charge >= 0.3 is 12.1 Å². The monoisotopic (exact) mass is 432 g/mol. The molecular formula is C23H29FN2O5. The number of amides is 2. The van der Waals surface area contributed by atoms with Crippen LogP contribution in [0.15, 0.2) is 35.5 Å². The minimum atomic E-state index is -0.699. The Balaban J connectivity index is 2.06. The second-order valence-corrected chi connectivity index (χ2v) is 8.64. The lowest BCUT2D eigenvalue weighted by Crippen LogP contribution is -2.41. The van der Waals surface area contributed by atoms with Crippen molar-refractivity contribution in [2.24, 2.45) is 0 Å². The van der Waals surface area contributed by atoms with Crippen LogP contribution in [0.2, 0.25) is 0 Å². The van der Waals surface area contributed by atoms with Crippen molar-refractivity contribution in [3.8, 4) is 0 Å². The van der Waals surface area contributed by atoms with E-state index in [9.17, 15) is 18.8 Å². The molecule has 0 radical (unpaired) electrons. The van der Waals surface area contributed by atoms with Gasteiger partial charge < -0.3 is 14.4 Å². The molecule has 8 heteroatoms. The maximum atomic E-state index is 13.6. The van der Waals surface area contributed by atoms with Gasteiger partial charge in [0.15, 0.2) is 0 Å². The van der Waals surface area contributed by atoms with Crippen molar-refractivity contribution in [2.45, 2.75) is 58.6 Å². The van der Waals surface area contributed by atoms with E-state index in [1.165, 1.54) is 12.1 Å². The molecule has 2 aliphatic rings. The lowest BCUT2D eigenvalue weighted by molar-refractivity contribution is -0.139. The Morgan fingerprint density at radius 2 is 1.81 bits per heavy atom. The Hall–Kier alpha value is -2.90. The highest BCUT2D eigenvalue weighted by Crippen LogP contribution is 2.37. The number of benzene rings is 1. The fraction of sp³-hybridized carbons (Fsp3) is 0.522. The van der Waals surface area contributed by atoms with Crippen molar-refractivity contribution in [3.05, 3.63) is 46.9 Å². The van der Waals surface area contributed by atoms with Crippen LogP contribution in [0.4, 0.5) is 9.18 Å². The summed E-state index contributed by atoms with van der Waals surface area (Å²) in [6.45, 7) is 7.77. The van der Waals surface area contributed by atoms with E-state index < -0.39 is 23.7 Å². The van der Waals surface area contributed by atoms with E-state index in [1.54, 1.807) is 49.6 Å². The molecule has 2 heterocycles. The number of fused-ring (bicyclic) bond motifs is 1. The summed E-state index contributed by atoms with van der Waals surface area (Å²) in [7, 11) is 0. The highest BCUT2D eigenvalue weighted by Gasteiger charge is 2.39. The van der Waals surface area contributed by atoms with Crippen molar-refractivity contribution in [3.63, 3.8) is 0 Å². The maximum Gasteiger partial charge on any atom is 0.410 e. The number of esters is 1. The largest absolute Gasteiger partial charge is 0.463 e. The van der Waals surface area contributed by atoms with Crippen LogP contribution in [0.1, 0.15) is 58.6 Å². The summed E-state index contributed by atoms with van der Waals surface area (Å²) in [5, 5.41) is 0. The van der Waals surface area contributed by atoms with Gasteiger partial charge in [0.25, 0.3) is 0 Å². The minimum absolute atomic E-state index is 0.0908. The zero-order valence-corrected chi connectivity index (χ0v) is 18.4. The van der Waals surface area contributed by atoms with Gasteiger partial charge in [-0.1, -0.05) is 12.1 Å². The van der Waals surface area contributed by atoms with E-state index in [-0.39, 0.29) is 44.3 Å². The van der Waals surface area contributed by atoms with Crippen molar-refractivity contribution >= 4 is 18.0 Å². The molecule has 0 aliphatic carbocycles. The summed E-state index contributed by atoms with van der Waals surface area (Å²) in [6, 6.07) is 5.37. The third kappa shape index (κ3) is 5.24. The van der Waals surface area contributed by atoms with E-state index in [0.717, 1.165) is 0 Å². The molecule has 3 rings (SSSR count). The first kappa shape index (κ1) is 22.8. The molecule has 0 saturated carbocycles. The van der Waals surface area contributed by atoms with Gasteiger partial charge in [-0.25, -0.2) is 14.0 Å². The van der Waals surface area contributed by atoms with Crippen LogP contribution in [-0.2, 0) is 19.1 Å². The van der Waals surface area contributed by atoms with Gasteiger partial charge in [0.1, 0.15) is 11.4 Å². The van der Waals surface area contributed by atoms with Gasteiger partial charge in [0.2, 0.25) is 5.91 Å². The van der Waals surface area contributed by atoms with E-state index >= 15 is 0 Å². The molecule has 1 aromatic rings. The average Bonchev–Trinajstić information content (AvgIpc) is 2.88. The SMILES string of the molecule is CCOC(=O)C1=C2CC(c3ccc(F)cc3)N(C(=O)OC(C)(C)C)CCN2C(=O)CC1. The molecule has 0 aromatic heterocycles. The van der Waals surface area contributed by atoms with Crippen molar-refractivity contribution in [1.29, 1.82) is 0 Å². The van der Waals surface area contributed by atoms with E-state index in [0.29, 0.717) is 23.3 Å². The predicted molar refractivity (Wildman–Crippen MR) is 111 cm³/mol. The quantitative estimate of drug-likeness (QED) is 0.676. The standard InChI is InChI=1S/C23H29FN2O5/c1-5-30-21(28)17-10-11-20(27)25-12-13-26(22(29)31-23(2,3)4)18(14-19(17)25)15-6-8-16(24)9-7-15/h6-9,18H,5,10-14H2,1-4H3. The van der Waals surface area contributed by atoms with Gasteiger partial charge in [-0.3, -0.25) is 9.69 Å². The summed E-state index contributed by atoms with van der Waals surface area (Å²) in [5.74, 6) is -0.924. The van der Waals surface area contributed by atoms with Crippen LogP contribution < -0.4 is 0 Å². The molecule has 7 nitrogen and oxygen atoms in total. The third-order valence-electron chi connectivity index (χ3n) is 5.30. The smallest absolute Gasteiger partial charge is 0.410 e. The minimum Gasteiger partial charge on any atom is -0.463 e. The molecule has 168 valence electrons. The first-order valence-electron chi connectivity index (χ1n) is 10.5. The van der Waals surface area contributed by atoms with Gasteiger partial charge in [0, 0.05) is 31.6 Å². The number of nitrogens with zero attached hydrogens (tertiary/aromatic N) is 2. The van der Waals surface area contributed by atoms with E-state index in [2.05, 4.69) is 0 Å². The predicted octanol–water partition coefficient (Wildman–Crippen LogP) is 3.95. The molecule has 1 fully saturated rings. The summed E-state index contributed by atoms with van der Waals surface area (Å²) in [5.41, 5.74) is 1.02. The molecule has 1 unspecified atom stereocenters. The number of hydrogen-bond acceptors (Lipinski definition) is 5. The van der Waals surface area contributed by atoms with Crippen LogP contribution in [0.25, 0.3) is 0 Å². The Kier molecular flexibility index (Phi) is 6.67. The summed E-state index contributed by atoms with van der Waals surface area (Å²) in [6.07, 6.45) is 0.217. The average molecular weight is 432 g/mol. The molecule has 2 amide bonds. The van der Waals surface area contributed by atoms with Crippen LogP contribution >= 0.6 is 0 Å². The van der Waals surface area contributed by atoms with Crippen LogP contribution in [0, 0.1) is 5.82 Å². The van der Waals surface area contributed by atoms with E-state index in [4.69, 9.17) is 9.47 Å². The lowest BCUT2D eigenvalue weighted by atomic mass is 9.94. The third-order valence-corrected chi connectivity index (χ3v) is 5.30. The first-order valence-corrected chi connectivity index (χ1v) is 10.5. The molecule has 0 N–H and O–H groups in total. The number of rotatable bonds is 3. The summed E-state index contributed by atoms with van der Waals surface area (Å²) < 4.78 is 24.4. The lowest BCUT2D eigenvalue weighted by Gasteiger charge is -2.32. The van der Waals surface area contributed by atoms with Crippen molar-refractivity contribution in [1.82, 2.24) is 9.80 Å². The second kappa shape index (κ2) is 9.08. The Morgan fingerprint density at radius 3 is 2.42 bits per heavy atom. The highest BCUT2D eigenvalue weighted by molar-refractivity contribution is 5.93.